The van der Waals surface area contributed by atoms with E-state index in [9.17, 15) is 0 Å². The summed E-state index contributed by atoms with van der Waals surface area (Å²) in [5, 5.41) is 13.8. The van der Waals surface area contributed by atoms with Crippen LogP contribution in [0, 0.1) is 0 Å². The Morgan fingerprint density at radius 2 is 2.00 bits per heavy atom. The lowest BCUT2D eigenvalue weighted by atomic mass is 10.1. The van der Waals surface area contributed by atoms with Crippen LogP contribution in [-0.2, 0) is 11.3 Å². The molecular formula is C14H19N3OS. The molecule has 0 aliphatic rings. The van der Waals surface area contributed by atoms with Gasteiger partial charge in [0, 0.05) is 6.61 Å². The SMILES string of the molecule is CCNC(c1ccccc1)c1nnc(COCC)s1. The lowest BCUT2D eigenvalue weighted by Crippen LogP contribution is -2.21. The second-order valence-electron chi connectivity index (χ2n) is 4.07. The average Bonchev–Trinajstić information content (AvgIpc) is 2.92. The van der Waals surface area contributed by atoms with Crippen LogP contribution in [0.1, 0.15) is 35.5 Å². The molecule has 1 aromatic carbocycles. The highest BCUT2D eigenvalue weighted by molar-refractivity contribution is 7.11. The van der Waals surface area contributed by atoms with Crippen LogP contribution in [0.25, 0.3) is 0 Å². The van der Waals surface area contributed by atoms with E-state index in [0.717, 1.165) is 16.6 Å². The highest BCUT2D eigenvalue weighted by Gasteiger charge is 2.17. The molecule has 5 heteroatoms. The summed E-state index contributed by atoms with van der Waals surface area (Å²) >= 11 is 1.61. The average molecular weight is 277 g/mol. The minimum absolute atomic E-state index is 0.110. The van der Waals surface area contributed by atoms with Crippen molar-refractivity contribution in [2.75, 3.05) is 13.2 Å². The van der Waals surface area contributed by atoms with Crippen molar-refractivity contribution in [3.05, 3.63) is 45.9 Å². The number of rotatable bonds is 7. The highest BCUT2D eigenvalue weighted by Crippen LogP contribution is 2.25. The van der Waals surface area contributed by atoms with Gasteiger partial charge in [-0.25, -0.2) is 0 Å². The van der Waals surface area contributed by atoms with Crippen LogP contribution in [-0.4, -0.2) is 23.3 Å². The third kappa shape index (κ3) is 3.83. The van der Waals surface area contributed by atoms with E-state index in [-0.39, 0.29) is 6.04 Å². The molecule has 0 bridgehead atoms. The second kappa shape index (κ2) is 7.33. The monoisotopic (exact) mass is 277 g/mol. The maximum absolute atomic E-state index is 5.37. The molecule has 1 atom stereocenters. The van der Waals surface area contributed by atoms with Crippen molar-refractivity contribution in [3.8, 4) is 0 Å². The highest BCUT2D eigenvalue weighted by atomic mass is 32.1. The largest absolute Gasteiger partial charge is 0.374 e. The first-order valence-electron chi connectivity index (χ1n) is 6.53. The van der Waals surface area contributed by atoms with E-state index >= 15 is 0 Å². The Morgan fingerprint density at radius 1 is 1.21 bits per heavy atom. The van der Waals surface area contributed by atoms with Crippen LogP contribution in [0.2, 0.25) is 0 Å². The van der Waals surface area contributed by atoms with Crippen LogP contribution < -0.4 is 5.32 Å². The number of nitrogens with one attached hydrogen (secondary N) is 1. The Hall–Kier alpha value is -1.30. The zero-order chi connectivity index (χ0) is 13.5. The molecule has 4 nitrogen and oxygen atoms in total. The quantitative estimate of drug-likeness (QED) is 0.845. The van der Waals surface area contributed by atoms with Crippen molar-refractivity contribution in [2.24, 2.45) is 0 Å². The summed E-state index contributed by atoms with van der Waals surface area (Å²) in [6.45, 7) is 6.21. The minimum atomic E-state index is 0.110. The first-order chi connectivity index (χ1) is 9.35. The number of hydrogen-bond donors (Lipinski definition) is 1. The summed E-state index contributed by atoms with van der Waals surface area (Å²) < 4.78 is 5.37. The molecule has 0 radical (unpaired) electrons. The van der Waals surface area contributed by atoms with Crippen molar-refractivity contribution in [1.29, 1.82) is 0 Å². The molecular weight excluding hydrogens is 258 g/mol. The molecule has 1 heterocycles. The van der Waals surface area contributed by atoms with Crippen LogP contribution in [0.5, 0.6) is 0 Å². The summed E-state index contributed by atoms with van der Waals surface area (Å²) in [4.78, 5) is 0. The molecule has 0 aliphatic carbocycles. The predicted octanol–water partition coefficient (Wildman–Crippen LogP) is 2.77. The molecule has 0 aliphatic heterocycles. The molecule has 1 N–H and O–H groups in total. The molecule has 19 heavy (non-hydrogen) atoms. The number of aromatic nitrogens is 2. The van der Waals surface area contributed by atoms with Gasteiger partial charge in [0.2, 0.25) is 0 Å². The smallest absolute Gasteiger partial charge is 0.143 e. The van der Waals surface area contributed by atoms with Crippen LogP contribution in [0.3, 0.4) is 0 Å². The van der Waals surface area contributed by atoms with Gasteiger partial charge in [-0.2, -0.15) is 0 Å². The molecule has 0 amide bonds. The predicted molar refractivity (Wildman–Crippen MR) is 77.2 cm³/mol. The summed E-state index contributed by atoms with van der Waals surface area (Å²) in [7, 11) is 0. The Bertz CT molecular complexity index is 486. The van der Waals surface area contributed by atoms with Crippen LogP contribution in [0.4, 0.5) is 0 Å². The summed E-state index contributed by atoms with van der Waals surface area (Å²) in [6.07, 6.45) is 0. The number of hydrogen-bond acceptors (Lipinski definition) is 5. The van der Waals surface area contributed by atoms with Gasteiger partial charge in [0.05, 0.1) is 6.04 Å². The van der Waals surface area contributed by atoms with E-state index in [2.05, 4.69) is 34.6 Å². The fourth-order valence-electron chi connectivity index (χ4n) is 1.83. The maximum Gasteiger partial charge on any atom is 0.143 e. The first-order valence-corrected chi connectivity index (χ1v) is 7.35. The third-order valence-electron chi connectivity index (χ3n) is 2.70. The zero-order valence-electron chi connectivity index (χ0n) is 11.3. The molecule has 0 saturated carbocycles. The van der Waals surface area contributed by atoms with Crippen LogP contribution in [0.15, 0.2) is 30.3 Å². The normalized spacial score (nSPS) is 12.5. The van der Waals surface area contributed by atoms with Gasteiger partial charge in [-0.05, 0) is 19.0 Å². The lowest BCUT2D eigenvalue weighted by molar-refractivity contribution is 0.133. The third-order valence-corrected chi connectivity index (χ3v) is 3.66. The maximum atomic E-state index is 5.37. The van der Waals surface area contributed by atoms with Gasteiger partial charge in [-0.1, -0.05) is 48.6 Å². The van der Waals surface area contributed by atoms with Crippen molar-refractivity contribution in [1.82, 2.24) is 15.5 Å². The van der Waals surface area contributed by atoms with Gasteiger partial charge in [0.1, 0.15) is 16.6 Å². The van der Waals surface area contributed by atoms with E-state index in [4.69, 9.17) is 4.74 Å². The molecule has 0 spiro atoms. The van der Waals surface area contributed by atoms with Gasteiger partial charge in [-0.3, -0.25) is 0 Å². The number of ether oxygens (including phenoxy) is 1. The minimum Gasteiger partial charge on any atom is -0.374 e. The second-order valence-corrected chi connectivity index (χ2v) is 5.17. The topological polar surface area (TPSA) is 47.0 Å². The fourth-order valence-corrected chi connectivity index (χ4v) is 2.71. The molecule has 1 unspecified atom stereocenters. The zero-order valence-corrected chi connectivity index (χ0v) is 12.1. The van der Waals surface area contributed by atoms with Crippen molar-refractivity contribution in [2.45, 2.75) is 26.5 Å². The first kappa shape index (κ1) is 14.1. The Labute approximate surface area is 117 Å². The van der Waals surface area contributed by atoms with Gasteiger partial charge < -0.3 is 10.1 Å². The van der Waals surface area contributed by atoms with Crippen molar-refractivity contribution in [3.63, 3.8) is 0 Å². The summed E-state index contributed by atoms with van der Waals surface area (Å²) in [5.74, 6) is 0. The Kier molecular flexibility index (Phi) is 5.44. The molecule has 2 rings (SSSR count). The Morgan fingerprint density at radius 3 is 2.68 bits per heavy atom. The van der Waals surface area contributed by atoms with Gasteiger partial charge in [-0.15, -0.1) is 10.2 Å². The fraction of sp³-hybridized carbons (Fsp3) is 0.429. The van der Waals surface area contributed by atoms with E-state index in [1.165, 1.54) is 5.56 Å². The van der Waals surface area contributed by atoms with Gasteiger partial charge >= 0.3 is 0 Å². The van der Waals surface area contributed by atoms with Gasteiger partial charge in [0.15, 0.2) is 0 Å². The van der Waals surface area contributed by atoms with E-state index in [1.807, 2.05) is 25.1 Å². The summed E-state index contributed by atoms with van der Waals surface area (Å²) in [5.41, 5.74) is 1.21. The summed E-state index contributed by atoms with van der Waals surface area (Å²) in [6, 6.07) is 10.4. The van der Waals surface area contributed by atoms with Crippen LogP contribution >= 0.6 is 11.3 Å². The lowest BCUT2D eigenvalue weighted by Gasteiger charge is -2.14. The number of nitrogens with zero attached hydrogens (tertiary/aromatic N) is 2. The van der Waals surface area contributed by atoms with Crippen molar-refractivity contribution >= 4 is 11.3 Å². The number of benzene rings is 1. The molecule has 102 valence electrons. The van der Waals surface area contributed by atoms with Gasteiger partial charge in [0.25, 0.3) is 0 Å². The van der Waals surface area contributed by atoms with E-state index in [1.54, 1.807) is 11.3 Å². The molecule has 1 aromatic heterocycles. The Balaban J connectivity index is 2.17. The van der Waals surface area contributed by atoms with E-state index in [0.29, 0.717) is 13.2 Å². The van der Waals surface area contributed by atoms with E-state index < -0.39 is 0 Å². The molecule has 0 fully saturated rings. The molecule has 0 saturated heterocycles. The molecule has 2 aromatic rings. The van der Waals surface area contributed by atoms with Crippen molar-refractivity contribution < 1.29 is 4.74 Å². The standard InChI is InChI=1S/C14H19N3OS/c1-3-15-13(11-8-6-5-7-9-11)14-17-16-12(19-14)10-18-4-2/h5-9,13,15H,3-4,10H2,1-2H3.